The second-order valence-electron chi connectivity index (χ2n) is 4.55. The van der Waals surface area contributed by atoms with Crippen LogP contribution in [0.25, 0.3) is 10.9 Å². The van der Waals surface area contributed by atoms with Crippen molar-refractivity contribution < 1.29 is 14.3 Å². The quantitative estimate of drug-likeness (QED) is 0.624. The van der Waals surface area contributed by atoms with Crippen LogP contribution in [-0.2, 0) is 3.42 Å². The molecule has 0 aliphatic heterocycles. The number of aromatic carboxylic acids is 1. The molecule has 1 fully saturated rings. The maximum absolute atomic E-state index is 14.0. The number of benzene rings is 1. The number of halogens is 2. The van der Waals surface area contributed by atoms with Crippen molar-refractivity contribution in [1.29, 1.82) is 0 Å². The standard InChI is InChI=1S/C12H9FIN3O2/c13-6-2-1-5-8(15)10(11(18)19)17-16-9(5)7(6)12(14)3-4-12/h1-2H,3-4H2,(H2,15,16)(H,18,19). The Bertz CT molecular complexity index is 716. The first-order valence-electron chi connectivity index (χ1n) is 5.61. The van der Waals surface area contributed by atoms with Crippen LogP contribution in [0.5, 0.6) is 0 Å². The van der Waals surface area contributed by atoms with Crippen LogP contribution in [0.15, 0.2) is 12.1 Å². The van der Waals surface area contributed by atoms with Gasteiger partial charge in [-0.15, -0.1) is 10.2 Å². The first-order chi connectivity index (χ1) is 8.94. The number of carbonyl (C=O) groups is 1. The Morgan fingerprint density at radius 3 is 2.68 bits per heavy atom. The summed E-state index contributed by atoms with van der Waals surface area (Å²) in [6.45, 7) is 0. The second kappa shape index (κ2) is 3.99. The Morgan fingerprint density at radius 2 is 2.11 bits per heavy atom. The normalized spacial score (nSPS) is 16.5. The van der Waals surface area contributed by atoms with E-state index in [1.807, 2.05) is 0 Å². The van der Waals surface area contributed by atoms with Gasteiger partial charge < -0.3 is 10.8 Å². The number of aromatic nitrogens is 2. The molecule has 2 aromatic rings. The predicted molar refractivity (Wildman–Crippen MR) is 75.8 cm³/mol. The molecule has 0 amide bonds. The van der Waals surface area contributed by atoms with Gasteiger partial charge in [0.1, 0.15) is 11.3 Å². The van der Waals surface area contributed by atoms with Gasteiger partial charge >= 0.3 is 5.97 Å². The van der Waals surface area contributed by atoms with Gasteiger partial charge in [-0.2, -0.15) is 0 Å². The molecule has 3 N–H and O–H groups in total. The molecule has 98 valence electrons. The fraction of sp³-hybridized carbons (Fsp3) is 0.250. The van der Waals surface area contributed by atoms with E-state index < -0.39 is 5.97 Å². The lowest BCUT2D eigenvalue weighted by Crippen LogP contribution is -2.10. The van der Waals surface area contributed by atoms with Crippen LogP contribution in [0.4, 0.5) is 10.1 Å². The summed E-state index contributed by atoms with van der Waals surface area (Å²) in [5, 5.41) is 16.9. The molecule has 7 heteroatoms. The minimum absolute atomic E-state index is 0.0272. The Morgan fingerprint density at radius 1 is 1.42 bits per heavy atom. The number of fused-ring (bicyclic) bond motifs is 1. The SMILES string of the molecule is Nc1c(C(=O)O)nnc2c(C3(I)CC3)c(F)ccc12. The van der Waals surface area contributed by atoms with E-state index in [0.717, 1.165) is 12.8 Å². The van der Waals surface area contributed by atoms with E-state index in [1.54, 1.807) is 0 Å². The summed E-state index contributed by atoms with van der Waals surface area (Å²) in [7, 11) is 0. The van der Waals surface area contributed by atoms with Gasteiger partial charge in [0.25, 0.3) is 0 Å². The zero-order chi connectivity index (χ0) is 13.8. The van der Waals surface area contributed by atoms with E-state index in [1.165, 1.54) is 12.1 Å². The maximum Gasteiger partial charge on any atom is 0.358 e. The summed E-state index contributed by atoms with van der Waals surface area (Å²) in [5.41, 5.74) is 6.35. The van der Waals surface area contributed by atoms with Crippen LogP contribution in [0.2, 0.25) is 0 Å². The van der Waals surface area contributed by atoms with Crippen LogP contribution in [0, 0.1) is 5.82 Å². The number of hydrogen-bond donors (Lipinski definition) is 2. The molecule has 1 saturated carbocycles. The van der Waals surface area contributed by atoms with E-state index in [2.05, 4.69) is 32.8 Å². The van der Waals surface area contributed by atoms with Gasteiger partial charge in [-0.05, 0) is 25.0 Å². The molecule has 0 unspecified atom stereocenters. The van der Waals surface area contributed by atoms with Gasteiger partial charge in [0.15, 0.2) is 5.69 Å². The number of anilines is 1. The minimum Gasteiger partial charge on any atom is -0.476 e. The van der Waals surface area contributed by atoms with Gasteiger partial charge in [0, 0.05) is 10.9 Å². The van der Waals surface area contributed by atoms with E-state index in [0.29, 0.717) is 16.5 Å². The lowest BCUT2D eigenvalue weighted by atomic mass is 10.0. The molecule has 1 aromatic carbocycles. The second-order valence-corrected chi connectivity index (χ2v) is 6.62. The Kier molecular flexibility index (Phi) is 2.63. The molecule has 1 heterocycles. The highest BCUT2D eigenvalue weighted by Gasteiger charge is 2.45. The first kappa shape index (κ1) is 12.5. The Labute approximate surface area is 121 Å². The predicted octanol–water partition coefficient (Wildman–Crippen LogP) is 2.47. The van der Waals surface area contributed by atoms with Crippen molar-refractivity contribution in [1.82, 2.24) is 10.2 Å². The van der Waals surface area contributed by atoms with E-state index in [4.69, 9.17) is 10.8 Å². The van der Waals surface area contributed by atoms with Crippen LogP contribution in [-0.4, -0.2) is 21.3 Å². The molecule has 0 saturated heterocycles. The van der Waals surface area contributed by atoms with Crippen LogP contribution < -0.4 is 5.73 Å². The van der Waals surface area contributed by atoms with Crippen molar-refractivity contribution in [3.05, 3.63) is 29.2 Å². The Hall–Kier alpha value is -1.51. The highest BCUT2D eigenvalue weighted by atomic mass is 127. The summed E-state index contributed by atoms with van der Waals surface area (Å²) < 4.78 is 13.7. The maximum atomic E-state index is 14.0. The number of nitrogens with two attached hydrogens (primary N) is 1. The third-order valence-electron chi connectivity index (χ3n) is 3.26. The lowest BCUT2D eigenvalue weighted by Gasteiger charge is -2.13. The van der Waals surface area contributed by atoms with Gasteiger partial charge in [0.2, 0.25) is 0 Å². The zero-order valence-corrected chi connectivity index (χ0v) is 11.8. The molecule has 3 rings (SSSR count). The van der Waals surface area contributed by atoms with E-state index >= 15 is 0 Å². The monoisotopic (exact) mass is 373 g/mol. The van der Waals surface area contributed by atoms with Crippen molar-refractivity contribution in [2.75, 3.05) is 5.73 Å². The third kappa shape index (κ3) is 1.83. The first-order valence-corrected chi connectivity index (χ1v) is 6.69. The molecule has 1 aliphatic carbocycles. The van der Waals surface area contributed by atoms with Gasteiger partial charge in [-0.25, -0.2) is 9.18 Å². The fourth-order valence-corrected chi connectivity index (χ4v) is 2.90. The van der Waals surface area contributed by atoms with Gasteiger partial charge in [-0.3, -0.25) is 0 Å². The molecule has 5 nitrogen and oxygen atoms in total. The van der Waals surface area contributed by atoms with Crippen molar-refractivity contribution in [2.45, 2.75) is 16.3 Å². The number of carboxylic acids is 1. The highest BCUT2D eigenvalue weighted by molar-refractivity contribution is 14.1. The van der Waals surface area contributed by atoms with Gasteiger partial charge in [-0.1, -0.05) is 22.6 Å². The topological polar surface area (TPSA) is 89.1 Å². The molecule has 1 aromatic heterocycles. The molecule has 0 atom stereocenters. The molecule has 1 aliphatic rings. The molecular weight excluding hydrogens is 364 g/mol. The number of rotatable bonds is 2. The largest absolute Gasteiger partial charge is 0.476 e. The van der Waals surface area contributed by atoms with Crippen molar-refractivity contribution >= 4 is 45.2 Å². The summed E-state index contributed by atoms with van der Waals surface area (Å²) in [6, 6.07) is 2.76. The number of alkyl halides is 1. The summed E-state index contributed by atoms with van der Waals surface area (Å²) in [5.74, 6) is -1.59. The minimum atomic E-state index is -1.24. The molecule has 0 radical (unpaired) electrons. The summed E-state index contributed by atoms with van der Waals surface area (Å²) in [4.78, 5) is 11.0. The third-order valence-corrected chi connectivity index (χ3v) is 4.88. The van der Waals surface area contributed by atoms with Crippen molar-refractivity contribution in [3.8, 4) is 0 Å². The average molecular weight is 373 g/mol. The molecular formula is C12H9FIN3O2. The fourth-order valence-electron chi connectivity index (χ4n) is 2.11. The number of nitrogen functional groups attached to an aromatic ring is 1. The van der Waals surface area contributed by atoms with Crippen molar-refractivity contribution in [3.63, 3.8) is 0 Å². The number of carboxylic acid groups (broad SMARTS) is 1. The molecule has 0 bridgehead atoms. The van der Waals surface area contributed by atoms with Gasteiger partial charge in [0.05, 0.1) is 9.11 Å². The highest BCUT2D eigenvalue weighted by Crippen LogP contribution is 2.56. The van der Waals surface area contributed by atoms with E-state index in [9.17, 15) is 9.18 Å². The summed E-state index contributed by atoms with van der Waals surface area (Å²) >= 11 is 2.20. The van der Waals surface area contributed by atoms with Crippen molar-refractivity contribution in [2.24, 2.45) is 0 Å². The molecule has 0 spiro atoms. The van der Waals surface area contributed by atoms with Crippen LogP contribution in [0.1, 0.15) is 28.9 Å². The lowest BCUT2D eigenvalue weighted by molar-refractivity contribution is 0.0691. The van der Waals surface area contributed by atoms with Crippen LogP contribution in [0.3, 0.4) is 0 Å². The molecule has 19 heavy (non-hydrogen) atoms. The van der Waals surface area contributed by atoms with E-state index in [-0.39, 0.29) is 20.6 Å². The average Bonchev–Trinajstić information content (AvgIpc) is 3.07. The Balaban J connectivity index is 2.37. The number of nitrogens with zero attached hydrogens (tertiary/aromatic N) is 2. The number of hydrogen-bond acceptors (Lipinski definition) is 4. The van der Waals surface area contributed by atoms with Crippen LogP contribution >= 0.6 is 22.6 Å². The summed E-state index contributed by atoms with van der Waals surface area (Å²) in [6.07, 6.45) is 1.73. The zero-order valence-electron chi connectivity index (χ0n) is 9.65. The smallest absolute Gasteiger partial charge is 0.358 e.